The standard InChI is InChI=1S/C23H25BrN4S/c1-15-13-17(8-9-18(15)24)28-21(16-10-12-27(14-16)23(2,3)4)20(26-22(28)29)19-7-5-6-11-25-19/h5-14,20-21H,1-4H3,(H,26,29)/t20-,21+/m1/s1. The molecule has 1 aromatic carbocycles. The molecule has 29 heavy (non-hydrogen) atoms. The van der Waals surface area contributed by atoms with Crippen LogP contribution >= 0.6 is 28.1 Å². The highest BCUT2D eigenvalue weighted by atomic mass is 79.9. The van der Waals surface area contributed by atoms with Crippen molar-refractivity contribution in [3.63, 3.8) is 0 Å². The van der Waals surface area contributed by atoms with Gasteiger partial charge in [0.1, 0.15) is 0 Å². The number of pyridine rings is 1. The topological polar surface area (TPSA) is 33.1 Å². The van der Waals surface area contributed by atoms with Gasteiger partial charge in [0.05, 0.1) is 17.8 Å². The molecule has 3 heterocycles. The number of aryl methyl sites for hydroxylation is 1. The lowest BCUT2D eigenvalue weighted by molar-refractivity contribution is 0.397. The molecule has 1 N–H and O–H groups in total. The summed E-state index contributed by atoms with van der Waals surface area (Å²) >= 11 is 9.41. The smallest absolute Gasteiger partial charge is 0.174 e. The van der Waals surface area contributed by atoms with Gasteiger partial charge in [-0.15, -0.1) is 0 Å². The molecule has 0 spiro atoms. The quantitative estimate of drug-likeness (QED) is 0.486. The van der Waals surface area contributed by atoms with E-state index in [2.05, 4.69) is 106 Å². The summed E-state index contributed by atoms with van der Waals surface area (Å²) in [6.07, 6.45) is 6.22. The Hall–Kier alpha value is -2.18. The number of anilines is 1. The van der Waals surface area contributed by atoms with Gasteiger partial charge < -0.3 is 14.8 Å². The summed E-state index contributed by atoms with van der Waals surface area (Å²) < 4.78 is 3.35. The highest BCUT2D eigenvalue weighted by Crippen LogP contribution is 2.42. The summed E-state index contributed by atoms with van der Waals surface area (Å²) in [6.45, 7) is 8.72. The summed E-state index contributed by atoms with van der Waals surface area (Å²) in [6, 6.07) is 14.6. The first-order valence-corrected chi connectivity index (χ1v) is 10.9. The summed E-state index contributed by atoms with van der Waals surface area (Å²) in [5.41, 5.74) is 4.47. The van der Waals surface area contributed by atoms with Crippen LogP contribution in [0, 0.1) is 6.92 Å². The van der Waals surface area contributed by atoms with Gasteiger partial charge in [0.2, 0.25) is 0 Å². The van der Waals surface area contributed by atoms with E-state index in [9.17, 15) is 0 Å². The molecule has 1 aliphatic heterocycles. The zero-order chi connectivity index (χ0) is 20.8. The van der Waals surface area contributed by atoms with Crippen LogP contribution in [-0.4, -0.2) is 14.7 Å². The lowest BCUT2D eigenvalue weighted by Crippen LogP contribution is -2.29. The molecule has 4 nitrogen and oxygen atoms in total. The van der Waals surface area contributed by atoms with Crippen LogP contribution in [0.4, 0.5) is 5.69 Å². The fourth-order valence-corrected chi connectivity index (χ4v) is 4.35. The average Bonchev–Trinajstić information content (AvgIpc) is 3.29. The molecule has 2 aromatic heterocycles. The highest BCUT2D eigenvalue weighted by molar-refractivity contribution is 9.10. The number of rotatable bonds is 3. The summed E-state index contributed by atoms with van der Waals surface area (Å²) in [5.74, 6) is 0. The van der Waals surface area contributed by atoms with Crippen molar-refractivity contribution in [3.8, 4) is 0 Å². The van der Waals surface area contributed by atoms with Gasteiger partial charge in [0, 0.05) is 34.3 Å². The molecule has 0 aliphatic carbocycles. The Balaban J connectivity index is 1.83. The monoisotopic (exact) mass is 468 g/mol. The first kappa shape index (κ1) is 20.1. The van der Waals surface area contributed by atoms with Gasteiger partial charge in [0.15, 0.2) is 5.11 Å². The second-order valence-electron chi connectivity index (χ2n) is 8.45. The predicted octanol–water partition coefficient (Wildman–Crippen LogP) is 5.89. The first-order valence-electron chi connectivity index (χ1n) is 9.71. The van der Waals surface area contributed by atoms with E-state index < -0.39 is 0 Å². The molecule has 0 amide bonds. The predicted molar refractivity (Wildman–Crippen MR) is 126 cm³/mol. The molecule has 2 atom stereocenters. The third-order valence-electron chi connectivity index (χ3n) is 5.35. The van der Waals surface area contributed by atoms with E-state index >= 15 is 0 Å². The van der Waals surface area contributed by atoms with Crippen molar-refractivity contribution in [2.75, 3.05) is 4.90 Å². The molecule has 1 saturated heterocycles. The maximum atomic E-state index is 5.80. The molecule has 0 radical (unpaired) electrons. The number of nitrogens with zero attached hydrogens (tertiary/aromatic N) is 3. The van der Waals surface area contributed by atoms with E-state index in [1.165, 1.54) is 11.1 Å². The van der Waals surface area contributed by atoms with Crippen LogP contribution in [0.15, 0.2) is 65.5 Å². The van der Waals surface area contributed by atoms with Crippen molar-refractivity contribution >= 4 is 38.9 Å². The Bertz CT molecular complexity index is 1040. The van der Waals surface area contributed by atoms with Gasteiger partial charge >= 0.3 is 0 Å². The summed E-state index contributed by atoms with van der Waals surface area (Å²) in [7, 11) is 0. The van der Waals surface area contributed by atoms with E-state index in [1.54, 1.807) is 0 Å². The van der Waals surface area contributed by atoms with Crippen molar-refractivity contribution in [1.29, 1.82) is 0 Å². The molecule has 0 saturated carbocycles. The fourth-order valence-electron chi connectivity index (χ4n) is 3.76. The molecule has 0 bridgehead atoms. The second kappa shape index (κ2) is 7.58. The number of hydrogen-bond acceptors (Lipinski definition) is 2. The zero-order valence-corrected chi connectivity index (χ0v) is 19.5. The molecule has 1 aliphatic rings. The van der Waals surface area contributed by atoms with Crippen LogP contribution in [0.3, 0.4) is 0 Å². The lowest BCUT2D eigenvalue weighted by atomic mass is 9.98. The number of hydrogen-bond donors (Lipinski definition) is 1. The maximum absolute atomic E-state index is 5.80. The number of thiocarbonyl (C=S) groups is 1. The Kier molecular flexibility index (Phi) is 5.25. The van der Waals surface area contributed by atoms with E-state index in [0.29, 0.717) is 0 Å². The molecule has 0 unspecified atom stereocenters. The van der Waals surface area contributed by atoms with Crippen LogP contribution in [0.1, 0.15) is 49.7 Å². The summed E-state index contributed by atoms with van der Waals surface area (Å²) in [4.78, 5) is 6.84. The Labute approximate surface area is 186 Å². The second-order valence-corrected chi connectivity index (χ2v) is 9.69. The molecule has 150 valence electrons. The Morgan fingerprint density at radius 3 is 2.55 bits per heavy atom. The van der Waals surface area contributed by atoms with Gasteiger partial charge in [0.25, 0.3) is 0 Å². The van der Waals surface area contributed by atoms with Gasteiger partial charge in [-0.25, -0.2) is 0 Å². The third-order valence-corrected chi connectivity index (χ3v) is 6.55. The van der Waals surface area contributed by atoms with Crippen LogP contribution < -0.4 is 10.2 Å². The van der Waals surface area contributed by atoms with E-state index in [0.717, 1.165) is 21.0 Å². The Morgan fingerprint density at radius 1 is 1.14 bits per heavy atom. The normalized spacial score (nSPS) is 19.5. The van der Waals surface area contributed by atoms with Gasteiger partial charge in [-0.3, -0.25) is 4.98 Å². The molecule has 4 rings (SSSR count). The van der Waals surface area contributed by atoms with Crippen molar-refractivity contribution in [3.05, 3.63) is 82.3 Å². The van der Waals surface area contributed by atoms with Crippen molar-refractivity contribution in [2.45, 2.75) is 45.3 Å². The lowest BCUT2D eigenvalue weighted by Gasteiger charge is -2.28. The van der Waals surface area contributed by atoms with E-state index in [1.807, 2.05) is 18.3 Å². The molecule has 6 heteroatoms. The minimum absolute atomic E-state index is 0.0153. The van der Waals surface area contributed by atoms with E-state index in [4.69, 9.17) is 12.2 Å². The number of aromatic nitrogens is 2. The van der Waals surface area contributed by atoms with E-state index in [-0.39, 0.29) is 17.6 Å². The minimum Gasteiger partial charge on any atom is -0.351 e. The minimum atomic E-state index is -0.0246. The highest BCUT2D eigenvalue weighted by Gasteiger charge is 2.41. The Morgan fingerprint density at radius 2 is 1.93 bits per heavy atom. The molecule has 3 aromatic rings. The van der Waals surface area contributed by atoms with Crippen molar-refractivity contribution in [1.82, 2.24) is 14.9 Å². The fraction of sp³-hybridized carbons (Fsp3) is 0.304. The number of halogens is 1. The number of benzene rings is 1. The van der Waals surface area contributed by atoms with Gasteiger partial charge in [-0.2, -0.15) is 0 Å². The molecular weight excluding hydrogens is 444 g/mol. The van der Waals surface area contributed by atoms with Crippen LogP contribution in [0.2, 0.25) is 0 Å². The summed E-state index contributed by atoms with van der Waals surface area (Å²) in [5, 5.41) is 4.24. The van der Waals surface area contributed by atoms with Gasteiger partial charge in [-0.1, -0.05) is 22.0 Å². The maximum Gasteiger partial charge on any atom is 0.174 e. The van der Waals surface area contributed by atoms with Crippen LogP contribution in [0.25, 0.3) is 0 Å². The third kappa shape index (κ3) is 3.83. The molecule has 1 fully saturated rings. The van der Waals surface area contributed by atoms with Crippen molar-refractivity contribution in [2.24, 2.45) is 0 Å². The zero-order valence-electron chi connectivity index (χ0n) is 17.1. The van der Waals surface area contributed by atoms with Crippen LogP contribution in [-0.2, 0) is 5.54 Å². The largest absolute Gasteiger partial charge is 0.351 e. The average molecular weight is 469 g/mol. The van der Waals surface area contributed by atoms with Gasteiger partial charge in [-0.05, 0) is 87.4 Å². The first-order chi connectivity index (χ1) is 13.8. The van der Waals surface area contributed by atoms with Crippen molar-refractivity contribution < 1.29 is 0 Å². The number of nitrogens with one attached hydrogen (secondary N) is 1. The SMILES string of the molecule is Cc1cc(N2C(=S)N[C@H](c3ccccn3)[C@@H]2c2ccn(C(C)(C)C)c2)ccc1Br. The van der Waals surface area contributed by atoms with Crippen LogP contribution in [0.5, 0.6) is 0 Å². The molecular formula is C23H25BrN4S.